The number of carboxylic acids is 1. The molecule has 1 aliphatic heterocycles. The van der Waals surface area contributed by atoms with Gasteiger partial charge < -0.3 is 15.2 Å². The zero-order valence-electron chi connectivity index (χ0n) is 12.5. The first-order valence-electron chi connectivity index (χ1n) is 7.85. The minimum Gasteiger partial charge on any atom is -0.481 e. The summed E-state index contributed by atoms with van der Waals surface area (Å²) in [6.45, 7) is 0.638. The number of hydrogen-bond acceptors (Lipinski definition) is 3. The molecule has 5 heteroatoms. The van der Waals surface area contributed by atoms with E-state index in [0.29, 0.717) is 25.9 Å². The van der Waals surface area contributed by atoms with Crippen molar-refractivity contribution in [2.75, 3.05) is 6.61 Å². The number of aliphatic carboxylic acids is 1. The van der Waals surface area contributed by atoms with E-state index in [1.54, 1.807) is 0 Å². The monoisotopic (exact) mass is 303 g/mol. The second kappa shape index (κ2) is 6.48. The Kier molecular flexibility index (Phi) is 4.43. The van der Waals surface area contributed by atoms with Gasteiger partial charge in [0.25, 0.3) is 0 Å². The van der Waals surface area contributed by atoms with Gasteiger partial charge in [-0.3, -0.25) is 9.59 Å². The highest BCUT2D eigenvalue weighted by atomic mass is 16.5. The molecule has 1 heterocycles. The van der Waals surface area contributed by atoms with E-state index in [-0.39, 0.29) is 24.0 Å². The Labute approximate surface area is 129 Å². The molecule has 0 radical (unpaired) electrons. The molecular formula is C17H21NO4. The highest BCUT2D eigenvalue weighted by Crippen LogP contribution is 2.30. The van der Waals surface area contributed by atoms with Crippen molar-refractivity contribution in [1.82, 2.24) is 5.32 Å². The number of benzene rings is 1. The van der Waals surface area contributed by atoms with Gasteiger partial charge in [0.15, 0.2) is 0 Å². The molecule has 22 heavy (non-hydrogen) atoms. The van der Waals surface area contributed by atoms with Crippen LogP contribution in [0, 0.1) is 5.92 Å². The minimum absolute atomic E-state index is 0.0209. The fourth-order valence-electron chi connectivity index (χ4n) is 3.44. The van der Waals surface area contributed by atoms with Crippen LogP contribution in [0.15, 0.2) is 24.3 Å². The van der Waals surface area contributed by atoms with Crippen LogP contribution in [0.3, 0.4) is 0 Å². The molecule has 0 aromatic heterocycles. The maximum Gasteiger partial charge on any atom is 0.306 e. The molecule has 1 aromatic carbocycles. The van der Waals surface area contributed by atoms with Crippen molar-refractivity contribution < 1.29 is 19.4 Å². The zero-order valence-corrected chi connectivity index (χ0v) is 12.5. The van der Waals surface area contributed by atoms with Gasteiger partial charge in [-0.2, -0.15) is 0 Å². The lowest BCUT2D eigenvalue weighted by Crippen LogP contribution is -2.35. The van der Waals surface area contributed by atoms with Crippen LogP contribution < -0.4 is 5.32 Å². The molecule has 1 aromatic rings. The summed E-state index contributed by atoms with van der Waals surface area (Å²) in [5, 5.41) is 12.0. The molecule has 3 rings (SSSR count). The first kappa shape index (κ1) is 15.0. The highest BCUT2D eigenvalue weighted by Gasteiger charge is 2.31. The molecule has 1 saturated carbocycles. The van der Waals surface area contributed by atoms with Gasteiger partial charge >= 0.3 is 5.97 Å². The Balaban J connectivity index is 1.56. The molecule has 1 amide bonds. The third-order valence-electron chi connectivity index (χ3n) is 4.61. The molecule has 5 nitrogen and oxygen atoms in total. The maximum atomic E-state index is 12.2. The number of carboxylic acid groups (broad SMARTS) is 1. The average molecular weight is 303 g/mol. The summed E-state index contributed by atoms with van der Waals surface area (Å²) in [7, 11) is 0. The summed E-state index contributed by atoms with van der Waals surface area (Å²) in [6.07, 6.45) is 2.90. The summed E-state index contributed by atoms with van der Waals surface area (Å²) >= 11 is 0. The number of fused-ring (bicyclic) bond motifs is 1. The maximum absolute atomic E-state index is 12.2. The number of rotatable bonds is 4. The van der Waals surface area contributed by atoms with Crippen LogP contribution in [-0.2, 0) is 20.7 Å². The van der Waals surface area contributed by atoms with Gasteiger partial charge in [-0.15, -0.1) is 0 Å². The largest absolute Gasteiger partial charge is 0.481 e. The van der Waals surface area contributed by atoms with Crippen LogP contribution in [0.4, 0.5) is 0 Å². The van der Waals surface area contributed by atoms with Gasteiger partial charge in [0.2, 0.25) is 5.91 Å². The van der Waals surface area contributed by atoms with Gasteiger partial charge in [-0.25, -0.2) is 0 Å². The van der Waals surface area contributed by atoms with E-state index in [4.69, 9.17) is 9.84 Å². The van der Waals surface area contributed by atoms with Crippen LogP contribution in [0.1, 0.15) is 42.9 Å². The van der Waals surface area contributed by atoms with Gasteiger partial charge in [0.05, 0.1) is 25.0 Å². The number of amides is 1. The third-order valence-corrected chi connectivity index (χ3v) is 4.61. The standard InChI is InChI=1S/C17H21NO4/c19-16(18-13-6-5-12(9-13)17(20)21)10-15-14-4-2-1-3-11(14)7-8-22-15/h1-4,12-13,15H,5-10H2,(H,18,19)(H,20,21)/t12-,13+,15?/m0/s1. The summed E-state index contributed by atoms with van der Waals surface area (Å²) < 4.78 is 5.74. The van der Waals surface area contributed by atoms with E-state index in [2.05, 4.69) is 11.4 Å². The lowest BCUT2D eigenvalue weighted by molar-refractivity contribution is -0.141. The van der Waals surface area contributed by atoms with Gasteiger partial charge in [0.1, 0.15) is 0 Å². The van der Waals surface area contributed by atoms with Crippen molar-refractivity contribution in [3.8, 4) is 0 Å². The van der Waals surface area contributed by atoms with Gasteiger partial charge in [-0.05, 0) is 36.8 Å². The van der Waals surface area contributed by atoms with Crippen LogP contribution >= 0.6 is 0 Å². The van der Waals surface area contributed by atoms with Gasteiger partial charge in [-0.1, -0.05) is 24.3 Å². The summed E-state index contributed by atoms with van der Waals surface area (Å²) in [4.78, 5) is 23.2. The van der Waals surface area contributed by atoms with E-state index >= 15 is 0 Å². The van der Waals surface area contributed by atoms with Crippen LogP contribution in [0.2, 0.25) is 0 Å². The molecule has 118 valence electrons. The molecule has 1 aliphatic carbocycles. The highest BCUT2D eigenvalue weighted by molar-refractivity contribution is 5.77. The summed E-state index contributed by atoms with van der Waals surface area (Å²) in [5.41, 5.74) is 2.34. The molecule has 2 N–H and O–H groups in total. The molecule has 1 fully saturated rings. The zero-order chi connectivity index (χ0) is 15.5. The summed E-state index contributed by atoms with van der Waals surface area (Å²) in [5.74, 6) is -1.14. The van der Waals surface area contributed by atoms with Crippen LogP contribution in [-0.4, -0.2) is 29.6 Å². The average Bonchev–Trinajstić information content (AvgIpc) is 2.96. The van der Waals surface area contributed by atoms with E-state index in [0.717, 1.165) is 18.4 Å². The Morgan fingerprint density at radius 3 is 2.86 bits per heavy atom. The van der Waals surface area contributed by atoms with Crippen molar-refractivity contribution in [2.24, 2.45) is 5.92 Å². The first-order chi connectivity index (χ1) is 10.6. The van der Waals surface area contributed by atoms with Gasteiger partial charge in [0, 0.05) is 6.04 Å². The second-order valence-corrected chi connectivity index (χ2v) is 6.13. The number of hydrogen-bond donors (Lipinski definition) is 2. The Hall–Kier alpha value is -1.88. The van der Waals surface area contributed by atoms with Crippen LogP contribution in [0.5, 0.6) is 0 Å². The Morgan fingerprint density at radius 2 is 2.09 bits per heavy atom. The van der Waals surface area contributed by atoms with Crippen molar-refractivity contribution >= 4 is 11.9 Å². The molecule has 1 unspecified atom stereocenters. The molecule has 0 spiro atoms. The quantitative estimate of drug-likeness (QED) is 0.892. The lowest BCUT2D eigenvalue weighted by Gasteiger charge is -2.26. The fraction of sp³-hybridized carbons (Fsp3) is 0.529. The SMILES string of the molecule is O=C(CC1OCCc2ccccc21)N[C@@H]1CC[C@H](C(=O)O)C1. The normalized spacial score (nSPS) is 27.2. The van der Waals surface area contributed by atoms with E-state index in [1.165, 1.54) is 5.56 Å². The molecule has 2 aliphatic rings. The topological polar surface area (TPSA) is 75.6 Å². The lowest BCUT2D eigenvalue weighted by atomic mass is 9.95. The van der Waals surface area contributed by atoms with Crippen LogP contribution in [0.25, 0.3) is 0 Å². The van der Waals surface area contributed by atoms with E-state index in [9.17, 15) is 9.59 Å². The smallest absolute Gasteiger partial charge is 0.306 e. The number of ether oxygens (including phenoxy) is 1. The predicted molar refractivity (Wildman–Crippen MR) is 80.4 cm³/mol. The van der Waals surface area contributed by atoms with Crippen molar-refractivity contribution in [3.63, 3.8) is 0 Å². The molecular weight excluding hydrogens is 282 g/mol. The Bertz CT molecular complexity index is 572. The van der Waals surface area contributed by atoms with Crippen molar-refractivity contribution in [2.45, 2.75) is 44.2 Å². The predicted octanol–water partition coefficient (Wildman–Crippen LogP) is 2.06. The second-order valence-electron chi connectivity index (χ2n) is 6.13. The minimum atomic E-state index is -0.763. The number of nitrogens with one attached hydrogen (secondary N) is 1. The Morgan fingerprint density at radius 1 is 1.27 bits per heavy atom. The van der Waals surface area contributed by atoms with E-state index in [1.807, 2.05) is 18.2 Å². The number of carbonyl (C=O) groups excluding carboxylic acids is 1. The summed E-state index contributed by atoms with van der Waals surface area (Å²) in [6, 6.07) is 8.05. The van der Waals surface area contributed by atoms with Crippen molar-refractivity contribution in [1.29, 1.82) is 0 Å². The van der Waals surface area contributed by atoms with Crippen molar-refractivity contribution in [3.05, 3.63) is 35.4 Å². The molecule has 3 atom stereocenters. The molecule has 0 saturated heterocycles. The number of carbonyl (C=O) groups is 2. The first-order valence-corrected chi connectivity index (χ1v) is 7.85. The van der Waals surface area contributed by atoms with E-state index < -0.39 is 5.97 Å². The molecule has 0 bridgehead atoms. The fourth-order valence-corrected chi connectivity index (χ4v) is 3.44. The third kappa shape index (κ3) is 3.30.